The Hall–Kier alpha value is -1.62. The molecule has 4 nitrogen and oxygen atoms in total. The number of nitrogen functional groups attached to an aromatic ring is 1. The molecule has 20 heavy (non-hydrogen) atoms. The number of halogens is 1. The smallest absolute Gasteiger partial charge is 0.256 e. The molecule has 5 heteroatoms. The third-order valence-corrected chi connectivity index (χ3v) is 4.03. The quantitative estimate of drug-likeness (QED) is 0.857. The highest BCUT2D eigenvalue weighted by atomic mass is 19.1. The number of nitrogens with two attached hydrogens (primary N) is 1. The Labute approximate surface area is 119 Å². The minimum absolute atomic E-state index is 0.170. The van der Waals surface area contributed by atoms with E-state index >= 15 is 0 Å². The van der Waals surface area contributed by atoms with Gasteiger partial charge in [-0.2, -0.15) is 0 Å². The maximum absolute atomic E-state index is 13.3. The van der Waals surface area contributed by atoms with Gasteiger partial charge in [0.1, 0.15) is 5.82 Å². The van der Waals surface area contributed by atoms with Crippen LogP contribution in [0.5, 0.6) is 0 Å². The first kappa shape index (κ1) is 14.8. The fourth-order valence-electron chi connectivity index (χ4n) is 2.85. The average Bonchev–Trinajstić information content (AvgIpc) is 2.92. The molecule has 0 bridgehead atoms. The number of carbonyl (C=O) groups excluding carboxylic acids is 1. The molecule has 1 aliphatic heterocycles. The number of likely N-dealkylation sites (N-methyl/N-ethyl adjacent to an activating group) is 1. The number of hydrogen-bond donors (Lipinski definition) is 1. The van der Waals surface area contributed by atoms with Gasteiger partial charge in [-0.3, -0.25) is 9.69 Å². The van der Waals surface area contributed by atoms with Crippen molar-refractivity contribution in [1.29, 1.82) is 0 Å². The van der Waals surface area contributed by atoms with Crippen LogP contribution in [0.1, 0.15) is 30.6 Å². The molecule has 0 aromatic heterocycles. The number of amides is 1. The molecule has 0 saturated carbocycles. The first-order chi connectivity index (χ1) is 9.56. The normalized spacial score (nSPS) is 18.8. The Morgan fingerprint density at radius 3 is 2.80 bits per heavy atom. The van der Waals surface area contributed by atoms with E-state index in [1.165, 1.54) is 18.2 Å². The molecule has 1 atom stereocenters. The highest BCUT2D eigenvalue weighted by Crippen LogP contribution is 2.21. The molecule has 1 aromatic carbocycles. The SMILES string of the molecule is CCN(CC)C1CCN(C(=O)c2cc(F)ccc2N)C1. The molecule has 0 aliphatic carbocycles. The van der Waals surface area contributed by atoms with Gasteiger partial charge >= 0.3 is 0 Å². The first-order valence-corrected chi connectivity index (χ1v) is 7.15. The number of likely N-dealkylation sites (tertiary alicyclic amines) is 1. The molecule has 110 valence electrons. The van der Waals surface area contributed by atoms with Gasteiger partial charge < -0.3 is 10.6 Å². The van der Waals surface area contributed by atoms with Gasteiger partial charge in [0.25, 0.3) is 5.91 Å². The fraction of sp³-hybridized carbons (Fsp3) is 0.533. The molecular weight excluding hydrogens is 257 g/mol. The van der Waals surface area contributed by atoms with Gasteiger partial charge in [-0.15, -0.1) is 0 Å². The van der Waals surface area contributed by atoms with Crippen LogP contribution in [0.4, 0.5) is 10.1 Å². The van der Waals surface area contributed by atoms with Crippen LogP contribution in [0.25, 0.3) is 0 Å². The molecule has 1 amide bonds. The standard InChI is InChI=1S/C15H22FN3O/c1-3-18(4-2)12-7-8-19(10-12)15(20)13-9-11(16)5-6-14(13)17/h5-6,9,12H,3-4,7-8,10,17H2,1-2H3. The second kappa shape index (κ2) is 6.22. The summed E-state index contributed by atoms with van der Waals surface area (Å²) in [5.41, 5.74) is 6.38. The van der Waals surface area contributed by atoms with Crippen molar-refractivity contribution >= 4 is 11.6 Å². The number of nitrogens with zero attached hydrogens (tertiary/aromatic N) is 2. The second-order valence-electron chi connectivity index (χ2n) is 5.15. The van der Waals surface area contributed by atoms with Gasteiger partial charge in [0.05, 0.1) is 5.56 Å². The summed E-state index contributed by atoms with van der Waals surface area (Å²) in [6, 6.07) is 4.33. The van der Waals surface area contributed by atoms with Gasteiger partial charge in [-0.25, -0.2) is 4.39 Å². The predicted molar refractivity (Wildman–Crippen MR) is 78.0 cm³/mol. The summed E-state index contributed by atoms with van der Waals surface area (Å²) in [5.74, 6) is -0.598. The lowest BCUT2D eigenvalue weighted by molar-refractivity contribution is 0.0778. The van der Waals surface area contributed by atoms with Crippen LogP contribution in [0, 0.1) is 5.82 Å². The zero-order valence-corrected chi connectivity index (χ0v) is 12.1. The third-order valence-electron chi connectivity index (χ3n) is 4.03. The van der Waals surface area contributed by atoms with E-state index in [-0.39, 0.29) is 11.5 Å². The molecule has 1 aliphatic rings. The Morgan fingerprint density at radius 2 is 2.15 bits per heavy atom. The molecular formula is C15H22FN3O. The Bertz CT molecular complexity index is 488. The predicted octanol–water partition coefficient (Wildman–Crippen LogP) is 1.96. The van der Waals surface area contributed by atoms with Gasteiger partial charge in [0, 0.05) is 24.8 Å². The van der Waals surface area contributed by atoms with Crippen molar-refractivity contribution in [3.8, 4) is 0 Å². The summed E-state index contributed by atoms with van der Waals surface area (Å²) in [4.78, 5) is 16.5. The Kier molecular flexibility index (Phi) is 4.60. The van der Waals surface area contributed by atoms with Crippen molar-refractivity contribution in [3.63, 3.8) is 0 Å². The van der Waals surface area contributed by atoms with Crippen LogP contribution < -0.4 is 5.73 Å². The summed E-state index contributed by atoms with van der Waals surface area (Å²) in [7, 11) is 0. The largest absolute Gasteiger partial charge is 0.398 e. The number of anilines is 1. The highest BCUT2D eigenvalue weighted by Gasteiger charge is 2.30. The van der Waals surface area contributed by atoms with Crippen LogP contribution in [0.3, 0.4) is 0 Å². The zero-order valence-electron chi connectivity index (χ0n) is 12.1. The second-order valence-corrected chi connectivity index (χ2v) is 5.15. The molecule has 1 heterocycles. The number of rotatable bonds is 4. The van der Waals surface area contributed by atoms with Crippen molar-refractivity contribution in [1.82, 2.24) is 9.80 Å². The maximum Gasteiger partial charge on any atom is 0.256 e. The van der Waals surface area contributed by atoms with Crippen LogP contribution >= 0.6 is 0 Å². The summed E-state index contributed by atoms with van der Waals surface area (Å²) in [6.45, 7) is 7.60. The van der Waals surface area contributed by atoms with Crippen LogP contribution in [-0.2, 0) is 0 Å². The summed E-state index contributed by atoms with van der Waals surface area (Å²) >= 11 is 0. The third kappa shape index (κ3) is 2.93. The van der Waals surface area contributed by atoms with Crippen molar-refractivity contribution < 1.29 is 9.18 Å². The van der Waals surface area contributed by atoms with Crippen LogP contribution in [-0.4, -0.2) is 47.9 Å². The molecule has 1 saturated heterocycles. The van der Waals surface area contributed by atoms with E-state index in [9.17, 15) is 9.18 Å². The summed E-state index contributed by atoms with van der Waals surface area (Å²) in [6.07, 6.45) is 0.961. The van der Waals surface area contributed by atoms with Gasteiger partial charge in [0.2, 0.25) is 0 Å². The number of benzene rings is 1. The van der Waals surface area contributed by atoms with Gasteiger partial charge in [-0.1, -0.05) is 13.8 Å². The average molecular weight is 279 g/mol. The van der Waals surface area contributed by atoms with Crippen LogP contribution in [0.2, 0.25) is 0 Å². The van der Waals surface area contributed by atoms with E-state index in [0.29, 0.717) is 24.8 Å². The fourth-order valence-corrected chi connectivity index (χ4v) is 2.85. The van der Waals surface area contributed by atoms with Crippen LogP contribution in [0.15, 0.2) is 18.2 Å². The van der Waals surface area contributed by atoms with Crippen molar-refractivity contribution in [2.24, 2.45) is 0 Å². The van der Waals surface area contributed by atoms with Gasteiger partial charge in [0.15, 0.2) is 0 Å². The van der Waals surface area contributed by atoms with E-state index < -0.39 is 5.82 Å². The zero-order chi connectivity index (χ0) is 14.7. The molecule has 1 unspecified atom stereocenters. The van der Waals surface area contributed by atoms with Crippen molar-refractivity contribution in [3.05, 3.63) is 29.6 Å². The molecule has 0 radical (unpaired) electrons. The van der Waals surface area contributed by atoms with Crippen molar-refractivity contribution in [2.75, 3.05) is 31.9 Å². The number of hydrogen-bond acceptors (Lipinski definition) is 3. The van der Waals surface area contributed by atoms with E-state index in [1.54, 1.807) is 4.90 Å². The summed E-state index contributed by atoms with van der Waals surface area (Å²) in [5, 5.41) is 0. The van der Waals surface area contributed by atoms with Crippen molar-refractivity contribution in [2.45, 2.75) is 26.3 Å². The lowest BCUT2D eigenvalue weighted by Crippen LogP contribution is -2.38. The molecule has 2 rings (SSSR count). The monoisotopic (exact) mass is 279 g/mol. The van der Waals surface area contributed by atoms with E-state index in [1.807, 2.05) is 0 Å². The lowest BCUT2D eigenvalue weighted by Gasteiger charge is -2.26. The molecule has 1 aromatic rings. The Balaban J connectivity index is 2.10. The highest BCUT2D eigenvalue weighted by molar-refractivity contribution is 5.99. The maximum atomic E-state index is 13.3. The first-order valence-electron chi connectivity index (χ1n) is 7.15. The van der Waals surface area contributed by atoms with E-state index in [0.717, 1.165) is 19.5 Å². The molecule has 0 spiro atoms. The Morgan fingerprint density at radius 1 is 1.45 bits per heavy atom. The lowest BCUT2D eigenvalue weighted by atomic mass is 10.1. The van der Waals surface area contributed by atoms with E-state index in [2.05, 4.69) is 18.7 Å². The number of carbonyl (C=O) groups is 1. The minimum Gasteiger partial charge on any atom is -0.398 e. The van der Waals surface area contributed by atoms with E-state index in [4.69, 9.17) is 5.73 Å². The summed E-state index contributed by atoms with van der Waals surface area (Å²) < 4.78 is 13.3. The van der Waals surface area contributed by atoms with Gasteiger partial charge in [-0.05, 0) is 37.7 Å². The minimum atomic E-state index is -0.429. The molecule has 2 N–H and O–H groups in total. The molecule has 1 fully saturated rings. The topological polar surface area (TPSA) is 49.6 Å².